The van der Waals surface area contributed by atoms with Gasteiger partial charge in [0.25, 0.3) is 0 Å². The first-order chi connectivity index (χ1) is 16.8. The molecule has 5 rings (SSSR count). The van der Waals surface area contributed by atoms with Crippen LogP contribution in [0.25, 0.3) is 10.9 Å². The monoisotopic (exact) mass is 491 g/mol. The molecule has 7 nitrogen and oxygen atoms in total. The zero-order valence-corrected chi connectivity index (χ0v) is 20.0. The van der Waals surface area contributed by atoms with Crippen LogP contribution in [-0.4, -0.2) is 65.6 Å². The Labute approximate surface area is 202 Å². The number of hydrogen-bond donors (Lipinski definition) is 2. The van der Waals surface area contributed by atoms with Gasteiger partial charge in [-0.3, -0.25) is 19.6 Å². The number of halogens is 3. The van der Waals surface area contributed by atoms with Crippen LogP contribution in [0.15, 0.2) is 12.1 Å². The molecular formula is C25H32F3N5O2. The molecule has 190 valence electrons. The fourth-order valence-corrected chi connectivity index (χ4v) is 6.11. The summed E-state index contributed by atoms with van der Waals surface area (Å²) in [6.45, 7) is 2.96. The largest absolute Gasteiger partial charge is 0.317 e. The molecular weight excluding hydrogens is 459 g/mol. The van der Waals surface area contributed by atoms with E-state index in [2.05, 4.69) is 20.6 Å². The summed E-state index contributed by atoms with van der Waals surface area (Å²) in [4.78, 5) is 26.0. The van der Waals surface area contributed by atoms with Crippen molar-refractivity contribution in [1.29, 1.82) is 0 Å². The van der Waals surface area contributed by atoms with Gasteiger partial charge in [-0.1, -0.05) is 12.1 Å². The summed E-state index contributed by atoms with van der Waals surface area (Å²) in [5, 5.41) is 10.6. The van der Waals surface area contributed by atoms with Gasteiger partial charge >= 0.3 is 0 Å². The smallest absolute Gasteiger partial charge is 0.245 e. The number of piperidine rings is 3. The maximum absolute atomic E-state index is 15.8. The van der Waals surface area contributed by atoms with Gasteiger partial charge in [-0.05, 0) is 69.8 Å². The Morgan fingerprint density at radius 1 is 1.14 bits per heavy atom. The maximum atomic E-state index is 15.8. The third-order valence-corrected chi connectivity index (χ3v) is 8.20. The van der Waals surface area contributed by atoms with E-state index in [1.165, 1.54) is 4.68 Å². The van der Waals surface area contributed by atoms with Gasteiger partial charge in [0.1, 0.15) is 5.52 Å². The molecule has 0 radical (unpaired) electrons. The van der Waals surface area contributed by atoms with Crippen molar-refractivity contribution < 1.29 is 22.8 Å². The molecule has 0 bridgehead atoms. The summed E-state index contributed by atoms with van der Waals surface area (Å²) in [5.74, 6) is -1.61. The lowest BCUT2D eigenvalue weighted by atomic mass is 9.78. The van der Waals surface area contributed by atoms with Gasteiger partial charge in [0.2, 0.25) is 18.2 Å². The van der Waals surface area contributed by atoms with E-state index in [4.69, 9.17) is 0 Å². The van der Waals surface area contributed by atoms with Crippen molar-refractivity contribution in [3.05, 3.63) is 29.2 Å². The Balaban J connectivity index is 1.32. The maximum Gasteiger partial charge on any atom is 0.245 e. The number of alkyl halides is 2. The highest BCUT2D eigenvalue weighted by Crippen LogP contribution is 2.40. The molecule has 2 N–H and O–H groups in total. The van der Waals surface area contributed by atoms with Crippen LogP contribution in [-0.2, 0) is 16.6 Å². The third-order valence-electron chi connectivity index (χ3n) is 8.20. The summed E-state index contributed by atoms with van der Waals surface area (Å²) >= 11 is 0. The van der Waals surface area contributed by atoms with Gasteiger partial charge in [-0.2, -0.15) is 5.10 Å². The molecule has 1 atom stereocenters. The molecule has 10 heteroatoms. The number of fused-ring (bicyclic) bond motifs is 1. The van der Waals surface area contributed by atoms with E-state index in [1.807, 2.05) is 6.07 Å². The average molecular weight is 492 g/mol. The minimum atomic E-state index is -2.34. The van der Waals surface area contributed by atoms with Crippen LogP contribution in [0.2, 0.25) is 0 Å². The molecule has 1 unspecified atom stereocenters. The van der Waals surface area contributed by atoms with E-state index in [9.17, 15) is 18.4 Å². The van der Waals surface area contributed by atoms with Crippen LogP contribution in [0.4, 0.5) is 13.2 Å². The molecule has 0 spiro atoms. The SMILES string of the molecule is Cn1nc(C2CCC(=O)NC2=O)c2ccc(C3CCN(CC4(C(F)F)CCNCC4)CC3)c(F)c21. The molecule has 3 fully saturated rings. The van der Waals surface area contributed by atoms with Gasteiger partial charge in [-0.15, -0.1) is 0 Å². The van der Waals surface area contributed by atoms with Crippen molar-refractivity contribution in [3.8, 4) is 0 Å². The number of aromatic nitrogens is 2. The average Bonchev–Trinajstić information content (AvgIpc) is 3.17. The van der Waals surface area contributed by atoms with Crippen LogP contribution >= 0.6 is 0 Å². The Kier molecular flexibility index (Phi) is 6.61. The number of amides is 2. The normalized spacial score (nSPS) is 24.3. The highest BCUT2D eigenvalue weighted by atomic mass is 19.3. The summed E-state index contributed by atoms with van der Waals surface area (Å²) in [7, 11) is 1.66. The van der Waals surface area contributed by atoms with Crippen LogP contribution in [0.5, 0.6) is 0 Å². The first-order valence-corrected chi connectivity index (χ1v) is 12.5. The van der Waals surface area contributed by atoms with E-state index in [0.717, 1.165) is 0 Å². The summed E-state index contributed by atoms with van der Waals surface area (Å²) in [6.07, 6.45) is 0.616. The second-order valence-electron chi connectivity index (χ2n) is 10.3. The predicted octanol–water partition coefficient (Wildman–Crippen LogP) is 3.05. The zero-order chi connectivity index (χ0) is 24.7. The number of benzene rings is 1. The van der Waals surface area contributed by atoms with E-state index >= 15 is 4.39 Å². The summed E-state index contributed by atoms with van der Waals surface area (Å²) in [6, 6.07) is 3.61. The Morgan fingerprint density at radius 3 is 2.51 bits per heavy atom. The number of likely N-dealkylation sites (tertiary alicyclic amines) is 1. The van der Waals surface area contributed by atoms with Crippen molar-refractivity contribution in [2.75, 3.05) is 32.7 Å². The number of carbonyl (C=O) groups excluding carboxylic acids is 2. The van der Waals surface area contributed by atoms with E-state index in [-0.39, 0.29) is 24.1 Å². The molecule has 0 saturated carbocycles. The minimum Gasteiger partial charge on any atom is -0.317 e. The van der Waals surface area contributed by atoms with Gasteiger partial charge in [0.05, 0.1) is 11.6 Å². The number of nitrogens with one attached hydrogen (secondary N) is 2. The highest BCUT2D eigenvalue weighted by molar-refractivity contribution is 6.02. The standard InChI is InChI=1S/C25H32F3N5O2/c1-32-22-17(21(31-32)18-4-5-19(34)30-23(18)35)3-2-16(20(22)26)15-6-12-33(13-7-15)14-25(24(27)28)8-10-29-11-9-25/h2-3,15,18,24,29H,4-14H2,1H3,(H,30,34,35). The van der Waals surface area contributed by atoms with E-state index < -0.39 is 23.7 Å². The fraction of sp³-hybridized carbons (Fsp3) is 0.640. The van der Waals surface area contributed by atoms with Crippen LogP contribution < -0.4 is 10.6 Å². The lowest BCUT2D eigenvalue weighted by molar-refractivity contribution is -0.134. The number of nitrogens with zero attached hydrogens (tertiary/aromatic N) is 3. The molecule has 4 heterocycles. The van der Waals surface area contributed by atoms with Crippen LogP contribution in [0.3, 0.4) is 0 Å². The molecule has 35 heavy (non-hydrogen) atoms. The molecule has 1 aromatic carbocycles. The number of aryl methyl sites for hydroxylation is 1. The van der Waals surface area contributed by atoms with Gasteiger partial charge in [-0.25, -0.2) is 13.2 Å². The van der Waals surface area contributed by atoms with Crippen molar-refractivity contribution in [1.82, 2.24) is 25.3 Å². The summed E-state index contributed by atoms with van der Waals surface area (Å²) < 4.78 is 45.1. The fourth-order valence-electron chi connectivity index (χ4n) is 6.11. The predicted molar refractivity (Wildman–Crippen MR) is 125 cm³/mol. The second-order valence-corrected chi connectivity index (χ2v) is 10.3. The second kappa shape index (κ2) is 9.54. The molecule has 0 aliphatic carbocycles. The lowest BCUT2D eigenvalue weighted by Gasteiger charge is -2.43. The van der Waals surface area contributed by atoms with E-state index in [1.54, 1.807) is 13.1 Å². The van der Waals surface area contributed by atoms with Crippen molar-refractivity contribution in [3.63, 3.8) is 0 Å². The van der Waals surface area contributed by atoms with Crippen LogP contribution in [0.1, 0.15) is 61.6 Å². The Bertz CT molecular complexity index is 1120. The zero-order valence-electron chi connectivity index (χ0n) is 20.0. The highest BCUT2D eigenvalue weighted by Gasteiger charge is 2.43. The third kappa shape index (κ3) is 4.46. The van der Waals surface area contributed by atoms with Crippen molar-refractivity contribution in [2.45, 2.75) is 56.8 Å². The van der Waals surface area contributed by atoms with Gasteiger partial charge in [0.15, 0.2) is 5.82 Å². The Morgan fingerprint density at radius 2 is 1.86 bits per heavy atom. The van der Waals surface area contributed by atoms with E-state index in [0.29, 0.717) is 87.0 Å². The van der Waals surface area contributed by atoms with Crippen LogP contribution in [0, 0.1) is 11.2 Å². The molecule has 3 aliphatic heterocycles. The van der Waals surface area contributed by atoms with Gasteiger partial charge in [0, 0.05) is 30.8 Å². The topological polar surface area (TPSA) is 79.3 Å². The first-order valence-electron chi connectivity index (χ1n) is 12.5. The number of carbonyl (C=O) groups is 2. The number of rotatable bonds is 5. The first kappa shape index (κ1) is 24.2. The number of hydrogen-bond acceptors (Lipinski definition) is 5. The number of imide groups is 1. The summed E-state index contributed by atoms with van der Waals surface area (Å²) in [5.41, 5.74) is 0.507. The quantitative estimate of drug-likeness (QED) is 0.629. The molecule has 2 amide bonds. The lowest BCUT2D eigenvalue weighted by Crippen LogP contribution is -2.50. The molecule has 1 aromatic heterocycles. The molecule has 2 aromatic rings. The Hall–Kier alpha value is -2.46. The molecule has 3 aliphatic rings. The minimum absolute atomic E-state index is 0.000114. The van der Waals surface area contributed by atoms with Crippen molar-refractivity contribution in [2.24, 2.45) is 12.5 Å². The molecule has 3 saturated heterocycles. The van der Waals surface area contributed by atoms with Crippen molar-refractivity contribution >= 4 is 22.7 Å². The van der Waals surface area contributed by atoms with Gasteiger partial charge < -0.3 is 10.2 Å².